The topological polar surface area (TPSA) is 49.5 Å². The van der Waals surface area contributed by atoms with Crippen molar-refractivity contribution in [3.8, 4) is 0 Å². The Morgan fingerprint density at radius 2 is 2.38 bits per heavy atom. The van der Waals surface area contributed by atoms with Gasteiger partial charge in [-0.05, 0) is 6.92 Å². The van der Waals surface area contributed by atoms with Crippen molar-refractivity contribution in [3.63, 3.8) is 0 Å². The molecule has 0 fully saturated rings. The van der Waals surface area contributed by atoms with Gasteiger partial charge in [0.1, 0.15) is 6.10 Å². The van der Waals surface area contributed by atoms with Gasteiger partial charge in [0.15, 0.2) is 7.11 Å². The van der Waals surface area contributed by atoms with E-state index in [2.05, 4.69) is 4.84 Å². The second kappa shape index (κ2) is 3.37. The smallest absolute Gasteiger partial charge is 0.273 e. The van der Waals surface area contributed by atoms with E-state index in [-0.39, 0.29) is 6.54 Å². The average molecular weight is 120 g/mol. The lowest BCUT2D eigenvalue weighted by Gasteiger charge is -1.90. The Hall–Kier alpha value is -0.640. The Morgan fingerprint density at radius 3 is 2.50 bits per heavy atom. The van der Waals surface area contributed by atoms with Gasteiger partial charge in [-0.2, -0.15) is 0 Å². The highest BCUT2D eigenvalue weighted by Gasteiger charge is 2.10. The van der Waals surface area contributed by atoms with E-state index in [0.717, 1.165) is 0 Å². The quantitative estimate of drug-likeness (QED) is 0.520. The summed E-state index contributed by atoms with van der Waals surface area (Å²) in [5, 5.41) is 8.53. The summed E-state index contributed by atoms with van der Waals surface area (Å²) >= 11 is 0. The molecule has 0 radical (unpaired) electrons. The molecule has 0 amide bonds. The van der Waals surface area contributed by atoms with Gasteiger partial charge in [0.2, 0.25) is 4.92 Å². The normalized spacial score (nSPS) is 12.9. The lowest BCUT2D eigenvalue weighted by molar-refractivity contribution is -0.799. The minimum Gasteiger partial charge on any atom is -0.386 e. The monoisotopic (exact) mass is 120 g/mol. The van der Waals surface area contributed by atoms with Gasteiger partial charge in [-0.25, -0.2) is 4.84 Å². The van der Waals surface area contributed by atoms with Gasteiger partial charge in [-0.1, -0.05) is 0 Å². The maximum absolute atomic E-state index is 10.2. The van der Waals surface area contributed by atoms with E-state index < -0.39 is 6.10 Å². The predicted octanol–water partition coefficient (Wildman–Crippen LogP) is -0.292. The van der Waals surface area contributed by atoms with Crippen LogP contribution in [0, 0.1) is 4.91 Å². The van der Waals surface area contributed by atoms with Crippen molar-refractivity contribution < 1.29 is 14.9 Å². The van der Waals surface area contributed by atoms with Gasteiger partial charge < -0.3 is 5.11 Å². The van der Waals surface area contributed by atoms with Gasteiger partial charge in [0.05, 0.1) is 4.91 Å². The van der Waals surface area contributed by atoms with Crippen molar-refractivity contribution in [2.24, 2.45) is 0 Å². The van der Waals surface area contributed by atoms with Crippen LogP contribution in [0.15, 0.2) is 0 Å². The average Bonchev–Trinajstić information content (AvgIpc) is 1.65. The molecule has 1 N–H and O–H groups in total. The number of nitrogens with zero attached hydrogens (tertiary/aromatic N) is 1. The summed E-state index contributed by atoms with van der Waals surface area (Å²) in [6.07, 6.45) is -0.632. The fourth-order valence-electron chi connectivity index (χ4n) is 0.290. The SMILES string of the molecule is CO[N+](=O)CC(C)O. The lowest BCUT2D eigenvalue weighted by Crippen LogP contribution is -2.18. The predicted molar refractivity (Wildman–Crippen MR) is 27.2 cm³/mol. The summed E-state index contributed by atoms with van der Waals surface area (Å²) in [4.78, 5) is 14.7. The Labute approximate surface area is 47.6 Å². The van der Waals surface area contributed by atoms with Gasteiger partial charge in [0.25, 0.3) is 6.54 Å². The molecule has 0 aromatic carbocycles. The molecular weight excluding hydrogens is 110 g/mol. The number of aliphatic hydroxyl groups is 1. The molecule has 0 aromatic rings. The molecule has 4 heteroatoms. The largest absolute Gasteiger partial charge is 0.386 e. The molecule has 0 aliphatic rings. The third-order valence-corrected chi connectivity index (χ3v) is 0.617. The van der Waals surface area contributed by atoms with Crippen LogP contribution in [0.2, 0.25) is 0 Å². The van der Waals surface area contributed by atoms with Crippen molar-refractivity contribution in [2.45, 2.75) is 13.0 Å². The third-order valence-electron chi connectivity index (χ3n) is 0.617. The zero-order valence-corrected chi connectivity index (χ0v) is 5.00. The van der Waals surface area contributed by atoms with Crippen LogP contribution in [0.5, 0.6) is 0 Å². The van der Waals surface area contributed by atoms with E-state index in [4.69, 9.17) is 5.11 Å². The minimum atomic E-state index is -0.632. The molecule has 0 bridgehead atoms. The van der Waals surface area contributed by atoms with Crippen molar-refractivity contribution >= 4 is 0 Å². The first-order valence-corrected chi connectivity index (χ1v) is 2.33. The number of rotatable bonds is 3. The minimum absolute atomic E-state index is 0.00347. The second-order valence-electron chi connectivity index (χ2n) is 1.55. The zero-order valence-electron chi connectivity index (χ0n) is 5.00. The van der Waals surface area contributed by atoms with Crippen molar-refractivity contribution in [1.29, 1.82) is 0 Å². The fourth-order valence-corrected chi connectivity index (χ4v) is 0.290. The highest BCUT2D eigenvalue weighted by molar-refractivity contribution is 4.34. The van der Waals surface area contributed by atoms with Crippen LogP contribution in [0.4, 0.5) is 0 Å². The first-order chi connectivity index (χ1) is 3.66. The highest BCUT2D eigenvalue weighted by Crippen LogP contribution is 1.80. The van der Waals surface area contributed by atoms with Crippen LogP contribution >= 0.6 is 0 Å². The first kappa shape index (κ1) is 7.36. The molecule has 0 rings (SSSR count). The maximum atomic E-state index is 10.2. The Bertz CT molecular complexity index is 81.4. The van der Waals surface area contributed by atoms with Gasteiger partial charge in [0, 0.05) is 0 Å². The zero-order chi connectivity index (χ0) is 6.57. The molecular formula is C4H10NO3+. The summed E-state index contributed by atoms with van der Waals surface area (Å²) < 4.78 is 0. The molecule has 0 saturated carbocycles. The molecule has 8 heavy (non-hydrogen) atoms. The van der Waals surface area contributed by atoms with E-state index in [1.165, 1.54) is 14.0 Å². The molecule has 0 saturated heterocycles. The van der Waals surface area contributed by atoms with E-state index >= 15 is 0 Å². The molecule has 0 spiro atoms. The van der Waals surface area contributed by atoms with Crippen molar-refractivity contribution in [1.82, 2.24) is 0 Å². The van der Waals surface area contributed by atoms with Gasteiger partial charge >= 0.3 is 0 Å². The molecule has 48 valence electrons. The van der Waals surface area contributed by atoms with E-state index in [1.54, 1.807) is 0 Å². The van der Waals surface area contributed by atoms with E-state index in [9.17, 15) is 4.91 Å². The summed E-state index contributed by atoms with van der Waals surface area (Å²) in [5.74, 6) is 0. The van der Waals surface area contributed by atoms with Gasteiger partial charge in [-0.3, -0.25) is 0 Å². The molecule has 0 aromatic heterocycles. The number of hydrogen-bond acceptors (Lipinski definition) is 3. The van der Waals surface area contributed by atoms with Crippen molar-refractivity contribution in [2.75, 3.05) is 13.7 Å². The van der Waals surface area contributed by atoms with Crippen molar-refractivity contribution in [3.05, 3.63) is 4.91 Å². The molecule has 1 unspecified atom stereocenters. The second-order valence-corrected chi connectivity index (χ2v) is 1.55. The van der Waals surface area contributed by atoms with Crippen LogP contribution < -0.4 is 0 Å². The Morgan fingerprint density at radius 1 is 1.88 bits per heavy atom. The standard InChI is InChI=1S/C4H10NO3/c1-4(6)3-5(7)8-2/h4,6H,3H2,1-2H3/q+1. The molecule has 0 heterocycles. The summed E-state index contributed by atoms with van der Waals surface area (Å²) in [6, 6.07) is 0. The number of aliphatic hydroxyl groups excluding tert-OH is 1. The first-order valence-electron chi connectivity index (χ1n) is 2.33. The Balaban J connectivity index is 3.25. The molecule has 0 aliphatic heterocycles. The Kier molecular flexibility index (Phi) is 3.10. The van der Waals surface area contributed by atoms with E-state index in [0.29, 0.717) is 4.92 Å². The summed E-state index contributed by atoms with van der Waals surface area (Å²) in [6.45, 7) is 1.51. The number of hydrogen-bond donors (Lipinski definition) is 1. The van der Waals surface area contributed by atoms with Crippen LogP contribution in [0.3, 0.4) is 0 Å². The van der Waals surface area contributed by atoms with Crippen LogP contribution in [-0.4, -0.2) is 29.8 Å². The third kappa shape index (κ3) is 3.55. The van der Waals surface area contributed by atoms with Crippen LogP contribution in [0.1, 0.15) is 6.92 Å². The van der Waals surface area contributed by atoms with Gasteiger partial charge in [-0.15, -0.1) is 0 Å². The summed E-state index contributed by atoms with van der Waals surface area (Å²) in [5.41, 5.74) is 0. The fraction of sp³-hybridized carbons (Fsp3) is 1.00. The maximum Gasteiger partial charge on any atom is 0.273 e. The lowest BCUT2D eigenvalue weighted by atomic mass is 10.4. The van der Waals surface area contributed by atoms with Crippen LogP contribution in [0.25, 0.3) is 0 Å². The molecule has 1 atom stereocenters. The molecule has 4 nitrogen and oxygen atoms in total. The molecule has 0 aliphatic carbocycles. The summed E-state index contributed by atoms with van der Waals surface area (Å²) in [7, 11) is 1.26. The highest BCUT2D eigenvalue weighted by atomic mass is 16.8. The van der Waals surface area contributed by atoms with Crippen LogP contribution in [-0.2, 0) is 4.84 Å². The van der Waals surface area contributed by atoms with E-state index in [1.807, 2.05) is 0 Å².